The van der Waals surface area contributed by atoms with Crippen molar-refractivity contribution >= 4 is 39.1 Å². The van der Waals surface area contributed by atoms with E-state index >= 15 is 0 Å². The highest BCUT2D eigenvalue weighted by Gasteiger charge is 2.40. The molecule has 1 saturated carbocycles. The average Bonchev–Trinajstić information content (AvgIpc) is 3.00. The van der Waals surface area contributed by atoms with Crippen molar-refractivity contribution < 1.29 is 9.90 Å². The Kier molecular flexibility index (Phi) is 3.69. The van der Waals surface area contributed by atoms with Crippen LogP contribution in [0.25, 0.3) is 10.2 Å². The van der Waals surface area contributed by atoms with Crippen molar-refractivity contribution in [1.82, 2.24) is 4.98 Å². The standard InChI is InChI=1S/C15H16ClNO2S/c1-2-8-5-10(11(6-8)15(18)19)14-17-12-7-9(16)3-4-13(12)20-14/h3-4,7-8,10-11H,2,5-6H2,1H3,(H,18,19). The Morgan fingerprint density at radius 2 is 2.30 bits per heavy atom. The Balaban J connectivity index is 1.98. The molecule has 1 N–H and O–H groups in total. The molecule has 1 aromatic carbocycles. The number of aromatic nitrogens is 1. The van der Waals surface area contributed by atoms with Gasteiger partial charge in [0, 0.05) is 10.9 Å². The molecule has 1 aromatic heterocycles. The molecule has 3 nitrogen and oxygen atoms in total. The number of nitrogens with zero attached hydrogens (tertiary/aromatic N) is 1. The van der Waals surface area contributed by atoms with Crippen LogP contribution in [0.3, 0.4) is 0 Å². The normalized spacial score (nSPS) is 26.2. The summed E-state index contributed by atoms with van der Waals surface area (Å²) < 4.78 is 1.08. The first kappa shape index (κ1) is 13.8. The van der Waals surface area contributed by atoms with Gasteiger partial charge in [0.15, 0.2) is 0 Å². The molecular formula is C15H16ClNO2S. The van der Waals surface area contributed by atoms with Crippen LogP contribution in [-0.2, 0) is 4.79 Å². The molecule has 1 heterocycles. The number of halogens is 1. The van der Waals surface area contributed by atoms with E-state index in [9.17, 15) is 9.90 Å². The molecule has 106 valence electrons. The number of benzene rings is 1. The number of thiazole rings is 1. The quantitative estimate of drug-likeness (QED) is 0.904. The molecule has 1 fully saturated rings. The molecule has 3 unspecified atom stereocenters. The monoisotopic (exact) mass is 309 g/mol. The molecule has 0 amide bonds. The largest absolute Gasteiger partial charge is 0.481 e. The van der Waals surface area contributed by atoms with Crippen molar-refractivity contribution in [3.05, 3.63) is 28.2 Å². The highest BCUT2D eigenvalue weighted by atomic mass is 35.5. The fourth-order valence-corrected chi connectivity index (χ4v) is 4.39. The first-order chi connectivity index (χ1) is 9.58. The van der Waals surface area contributed by atoms with Crippen molar-refractivity contribution in [1.29, 1.82) is 0 Å². The maximum absolute atomic E-state index is 11.5. The molecule has 5 heteroatoms. The zero-order chi connectivity index (χ0) is 14.3. The van der Waals surface area contributed by atoms with Gasteiger partial charge in [-0.25, -0.2) is 4.98 Å². The molecule has 0 spiro atoms. The molecule has 1 aliphatic carbocycles. The number of rotatable bonds is 3. The minimum Gasteiger partial charge on any atom is -0.481 e. The molecule has 0 saturated heterocycles. The Morgan fingerprint density at radius 3 is 3.00 bits per heavy atom. The Labute approximate surface area is 126 Å². The van der Waals surface area contributed by atoms with Crippen molar-refractivity contribution in [3.8, 4) is 0 Å². The second-order valence-electron chi connectivity index (χ2n) is 5.46. The average molecular weight is 310 g/mol. The topological polar surface area (TPSA) is 50.2 Å². The van der Waals surface area contributed by atoms with E-state index in [2.05, 4.69) is 11.9 Å². The zero-order valence-corrected chi connectivity index (χ0v) is 12.7. The first-order valence-corrected chi connectivity index (χ1v) is 8.06. The number of carboxylic acid groups (broad SMARTS) is 1. The summed E-state index contributed by atoms with van der Waals surface area (Å²) in [4.78, 5) is 16.1. The zero-order valence-electron chi connectivity index (χ0n) is 11.2. The lowest BCUT2D eigenvalue weighted by atomic mass is 9.97. The van der Waals surface area contributed by atoms with Crippen LogP contribution in [0.1, 0.15) is 37.1 Å². The number of fused-ring (bicyclic) bond motifs is 1. The molecular weight excluding hydrogens is 294 g/mol. The van der Waals surface area contributed by atoms with Gasteiger partial charge in [0.05, 0.1) is 21.1 Å². The summed E-state index contributed by atoms with van der Waals surface area (Å²) in [6, 6.07) is 5.66. The van der Waals surface area contributed by atoms with Crippen LogP contribution >= 0.6 is 22.9 Å². The van der Waals surface area contributed by atoms with Gasteiger partial charge in [0.1, 0.15) is 0 Å². The number of hydrogen-bond donors (Lipinski definition) is 1. The highest BCUT2D eigenvalue weighted by Crippen LogP contribution is 2.46. The highest BCUT2D eigenvalue weighted by molar-refractivity contribution is 7.18. The third kappa shape index (κ3) is 2.42. The number of carboxylic acids is 1. The molecule has 0 aliphatic heterocycles. The van der Waals surface area contributed by atoms with Crippen LogP contribution in [0.15, 0.2) is 18.2 Å². The fourth-order valence-electron chi connectivity index (χ4n) is 3.10. The minimum atomic E-state index is -0.691. The SMILES string of the molecule is CCC1CC(C(=O)O)C(c2nc3cc(Cl)ccc3s2)C1. The van der Waals surface area contributed by atoms with E-state index in [0.29, 0.717) is 10.9 Å². The molecule has 2 aromatic rings. The second-order valence-corrected chi connectivity index (χ2v) is 6.96. The summed E-state index contributed by atoms with van der Waals surface area (Å²) in [5.74, 6) is -0.440. The summed E-state index contributed by atoms with van der Waals surface area (Å²) in [5, 5.41) is 11.1. The van der Waals surface area contributed by atoms with E-state index in [0.717, 1.165) is 34.5 Å². The Hall–Kier alpha value is -1.13. The van der Waals surface area contributed by atoms with Gasteiger partial charge in [-0.3, -0.25) is 4.79 Å². The van der Waals surface area contributed by atoms with E-state index in [1.165, 1.54) is 0 Å². The third-order valence-electron chi connectivity index (χ3n) is 4.24. The van der Waals surface area contributed by atoms with Gasteiger partial charge in [0.2, 0.25) is 0 Å². The lowest BCUT2D eigenvalue weighted by Crippen LogP contribution is -2.16. The Morgan fingerprint density at radius 1 is 1.50 bits per heavy atom. The lowest BCUT2D eigenvalue weighted by Gasteiger charge is -2.11. The minimum absolute atomic E-state index is 0.0497. The predicted molar refractivity (Wildman–Crippen MR) is 81.5 cm³/mol. The number of hydrogen-bond acceptors (Lipinski definition) is 3. The fraction of sp³-hybridized carbons (Fsp3) is 0.467. The van der Waals surface area contributed by atoms with E-state index in [1.54, 1.807) is 11.3 Å². The van der Waals surface area contributed by atoms with Gasteiger partial charge < -0.3 is 5.11 Å². The van der Waals surface area contributed by atoms with Gasteiger partial charge in [0.25, 0.3) is 0 Å². The number of carbonyl (C=O) groups is 1. The van der Waals surface area contributed by atoms with Gasteiger partial charge in [-0.15, -0.1) is 11.3 Å². The van der Waals surface area contributed by atoms with Crippen LogP contribution < -0.4 is 0 Å². The smallest absolute Gasteiger partial charge is 0.307 e. The third-order valence-corrected chi connectivity index (χ3v) is 5.64. The van der Waals surface area contributed by atoms with Crippen LogP contribution in [0.2, 0.25) is 5.02 Å². The molecule has 0 radical (unpaired) electrons. The first-order valence-electron chi connectivity index (χ1n) is 6.87. The van der Waals surface area contributed by atoms with Crippen molar-refractivity contribution in [2.24, 2.45) is 11.8 Å². The lowest BCUT2D eigenvalue weighted by molar-refractivity contribution is -0.142. The molecule has 20 heavy (non-hydrogen) atoms. The van der Waals surface area contributed by atoms with Crippen LogP contribution in [-0.4, -0.2) is 16.1 Å². The van der Waals surface area contributed by atoms with E-state index in [4.69, 9.17) is 11.6 Å². The van der Waals surface area contributed by atoms with Gasteiger partial charge in [-0.1, -0.05) is 24.9 Å². The van der Waals surface area contributed by atoms with Gasteiger partial charge in [-0.2, -0.15) is 0 Å². The van der Waals surface area contributed by atoms with Gasteiger partial charge >= 0.3 is 5.97 Å². The Bertz CT molecular complexity index is 654. The summed E-state index contributed by atoms with van der Waals surface area (Å²) >= 11 is 7.59. The number of aliphatic carboxylic acids is 1. The van der Waals surface area contributed by atoms with Crippen molar-refractivity contribution in [3.63, 3.8) is 0 Å². The molecule has 0 bridgehead atoms. The van der Waals surface area contributed by atoms with Crippen LogP contribution in [0.5, 0.6) is 0 Å². The molecule has 3 rings (SSSR count). The molecule has 1 aliphatic rings. The summed E-state index contributed by atoms with van der Waals surface area (Å²) in [5.41, 5.74) is 0.876. The van der Waals surface area contributed by atoms with E-state index < -0.39 is 5.97 Å². The maximum Gasteiger partial charge on any atom is 0.307 e. The summed E-state index contributed by atoms with van der Waals surface area (Å²) in [6.07, 6.45) is 2.74. The summed E-state index contributed by atoms with van der Waals surface area (Å²) in [7, 11) is 0. The second kappa shape index (κ2) is 5.34. The van der Waals surface area contributed by atoms with Crippen LogP contribution in [0, 0.1) is 11.8 Å². The van der Waals surface area contributed by atoms with Crippen molar-refractivity contribution in [2.75, 3.05) is 0 Å². The molecule has 3 atom stereocenters. The van der Waals surface area contributed by atoms with Gasteiger partial charge in [-0.05, 0) is 37.0 Å². The predicted octanol–water partition coefficient (Wildman–Crippen LogP) is 4.55. The van der Waals surface area contributed by atoms with Crippen LogP contribution in [0.4, 0.5) is 0 Å². The van der Waals surface area contributed by atoms with Crippen molar-refractivity contribution in [2.45, 2.75) is 32.1 Å². The van der Waals surface area contributed by atoms with E-state index in [1.807, 2.05) is 18.2 Å². The maximum atomic E-state index is 11.5. The summed E-state index contributed by atoms with van der Waals surface area (Å²) in [6.45, 7) is 2.13. The van der Waals surface area contributed by atoms with E-state index in [-0.39, 0.29) is 11.8 Å².